The van der Waals surface area contributed by atoms with Crippen LogP contribution in [-0.4, -0.2) is 39.5 Å². The largest absolute Gasteiger partial charge is 0.352 e. The molecular formula is C25H29Cl2N3O4S. The van der Waals surface area contributed by atoms with E-state index >= 15 is 0 Å². The molecule has 1 fully saturated rings. The molecule has 0 bridgehead atoms. The summed E-state index contributed by atoms with van der Waals surface area (Å²) in [4.78, 5) is 38.5. The molecular weight excluding hydrogens is 509 g/mol. The smallest absolute Gasteiger partial charge is 0.269 e. The molecule has 35 heavy (non-hydrogen) atoms. The summed E-state index contributed by atoms with van der Waals surface area (Å²) < 4.78 is 0. The number of halogens is 2. The zero-order valence-electron chi connectivity index (χ0n) is 19.5. The van der Waals surface area contributed by atoms with E-state index in [4.69, 9.17) is 23.2 Å². The number of nitrogens with zero attached hydrogens (tertiary/aromatic N) is 2. The molecule has 0 heterocycles. The molecule has 0 saturated heterocycles. The summed E-state index contributed by atoms with van der Waals surface area (Å²) >= 11 is 13.6. The van der Waals surface area contributed by atoms with E-state index in [9.17, 15) is 19.7 Å². The highest BCUT2D eigenvalue weighted by atomic mass is 35.5. The van der Waals surface area contributed by atoms with Crippen LogP contribution < -0.4 is 5.32 Å². The van der Waals surface area contributed by atoms with Gasteiger partial charge in [0.2, 0.25) is 11.8 Å². The van der Waals surface area contributed by atoms with Crippen molar-refractivity contribution in [2.45, 2.75) is 63.4 Å². The molecule has 1 saturated carbocycles. The highest BCUT2D eigenvalue weighted by Gasteiger charge is 2.30. The van der Waals surface area contributed by atoms with E-state index in [1.54, 1.807) is 35.2 Å². The van der Waals surface area contributed by atoms with Gasteiger partial charge in [-0.05, 0) is 42.5 Å². The molecule has 1 aliphatic carbocycles. The summed E-state index contributed by atoms with van der Waals surface area (Å²) in [5.41, 5.74) is 1.71. The zero-order valence-corrected chi connectivity index (χ0v) is 21.9. The molecule has 2 aromatic carbocycles. The number of nitro groups is 1. The van der Waals surface area contributed by atoms with Gasteiger partial charge in [-0.2, -0.15) is 0 Å². The lowest BCUT2D eigenvalue weighted by molar-refractivity contribution is -0.384. The Labute approximate surface area is 219 Å². The Morgan fingerprint density at radius 3 is 2.37 bits per heavy atom. The van der Waals surface area contributed by atoms with Gasteiger partial charge in [-0.25, -0.2) is 0 Å². The van der Waals surface area contributed by atoms with E-state index in [1.165, 1.54) is 23.9 Å². The summed E-state index contributed by atoms with van der Waals surface area (Å²) in [5.74, 6) is 0.408. The van der Waals surface area contributed by atoms with Crippen molar-refractivity contribution in [3.63, 3.8) is 0 Å². The predicted molar refractivity (Wildman–Crippen MR) is 141 cm³/mol. The average Bonchev–Trinajstić information content (AvgIpc) is 3.34. The third-order valence-electron chi connectivity index (χ3n) is 6.07. The van der Waals surface area contributed by atoms with E-state index < -0.39 is 11.0 Å². The maximum Gasteiger partial charge on any atom is 0.269 e. The standard InChI is InChI=1S/C25H29Cl2N3O4S/c1-2-23(25(32)28-19-5-3-4-6-19)29(14-18-9-12-21(26)22(27)13-18)24(31)16-35-15-17-7-10-20(11-8-17)30(33)34/h7-13,19,23H,2-6,14-16H2,1H3,(H,28,32). The molecule has 0 radical (unpaired) electrons. The Morgan fingerprint density at radius 2 is 1.77 bits per heavy atom. The average molecular weight is 538 g/mol. The van der Waals surface area contributed by atoms with Gasteiger partial charge in [0.05, 0.1) is 20.7 Å². The summed E-state index contributed by atoms with van der Waals surface area (Å²) in [6.07, 6.45) is 4.63. The first-order chi connectivity index (χ1) is 16.8. The molecule has 1 atom stereocenters. The number of amides is 2. The molecule has 0 aliphatic heterocycles. The van der Waals surface area contributed by atoms with Crippen molar-refractivity contribution in [1.82, 2.24) is 10.2 Å². The Bertz CT molecular complexity index is 1050. The maximum atomic E-state index is 13.4. The van der Waals surface area contributed by atoms with Crippen molar-refractivity contribution >= 4 is 52.5 Å². The number of thioether (sulfide) groups is 1. The molecule has 1 unspecified atom stereocenters. The van der Waals surface area contributed by atoms with E-state index in [1.807, 2.05) is 6.92 Å². The Morgan fingerprint density at radius 1 is 1.11 bits per heavy atom. The van der Waals surface area contributed by atoms with Gasteiger partial charge in [-0.1, -0.05) is 61.2 Å². The minimum atomic E-state index is -0.600. The van der Waals surface area contributed by atoms with E-state index in [0.717, 1.165) is 36.8 Å². The maximum absolute atomic E-state index is 13.4. The van der Waals surface area contributed by atoms with Gasteiger partial charge in [0, 0.05) is 30.5 Å². The van der Waals surface area contributed by atoms with Crippen LogP contribution in [0, 0.1) is 10.1 Å². The highest BCUT2D eigenvalue weighted by Crippen LogP contribution is 2.25. The highest BCUT2D eigenvalue weighted by molar-refractivity contribution is 7.99. The summed E-state index contributed by atoms with van der Waals surface area (Å²) in [6.45, 7) is 2.14. The molecule has 0 aromatic heterocycles. The molecule has 10 heteroatoms. The van der Waals surface area contributed by atoms with Gasteiger partial charge >= 0.3 is 0 Å². The van der Waals surface area contributed by atoms with Crippen LogP contribution in [0.4, 0.5) is 5.69 Å². The SMILES string of the molecule is CCC(C(=O)NC1CCCC1)N(Cc1ccc(Cl)c(Cl)c1)C(=O)CSCc1ccc([N+](=O)[O-])cc1. The molecule has 7 nitrogen and oxygen atoms in total. The Balaban J connectivity index is 1.70. The van der Waals surface area contributed by atoms with Gasteiger partial charge in [0.1, 0.15) is 6.04 Å². The lowest BCUT2D eigenvalue weighted by atomic mass is 10.1. The molecule has 2 amide bonds. The Kier molecular flexibility index (Phi) is 10.2. The van der Waals surface area contributed by atoms with Crippen LogP contribution in [0.3, 0.4) is 0 Å². The number of carbonyl (C=O) groups is 2. The lowest BCUT2D eigenvalue weighted by Gasteiger charge is -2.31. The number of nitrogens with one attached hydrogen (secondary N) is 1. The van der Waals surface area contributed by atoms with Crippen LogP contribution in [0.25, 0.3) is 0 Å². The van der Waals surface area contributed by atoms with Crippen molar-refractivity contribution < 1.29 is 14.5 Å². The van der Waals surface area contributed by atoms with Crippen molar-refractivity contribution in [2.75, 3.05) is 5.75 Å². The molecule has 1 N–H and O–H groups in total. The zero-order chi connectivity index (χ0) is 25.4. The third kappa shape index (κ3) is 7.85. The van der Waals surface area contributed by atoms with Crippen molar-refractivity contribution in [3.8, 4) is 0 Å². The minimum Gasteiger partial charge on any atom is -0.352 e. The first-order valence-electron chi connectivity index (χ1n) is 11.6. The number of hydrogen-bond donors (Lipinski definition) is 1. The van der Waals surface area contributed by atoms with Crippen LogP contribution in [-0.2, 0) is 21.9 Å². The Hall–Kier alpha value is -2.29. The number of benzene rings is 2. The summed E-state index contributed by atoms with van der Waals surface area (Å²) in [5, 5.41) is 14.8. The van der Waals surface area contributed by atoms with Crippen LogP contribution in [0.5, 0.6) is 0 Å². The van der Waals surface area contributed by atoms with Gasteiger partial charge in [-0.15, -0.1) is 11.8 Å². The fourth-order valence-corrected chi connectivity index (χ4v) is 5.37. The van der Waals surface area contributed by atoms with Crippen molar-refractivity contribution in [2.24, 2.45) is 0 Å². The number of rotatable bonds is 11. The first-order valence-corrected chi connectivity index (χ1v) is 13.5. The number of non-ortho nitro benzene ring substituents is 1. The van der Waals surface area contributed by atoms with E-state index in [2.05, 4.69) is 5.32 Å². The van der Waals surface area contributed by atoms with Crippen molar-refractivity contribution in [3.05, 3.63) is 73.8 Å². The van der Waals surface area contributed by atoms with E-state index in [-0.39, 0.29) is 35.8 Å². The quantitative estimate of drug-likeness (QED) is 0.280. The number of nitro benzene ring substituents is 1. The van der Waals surface area contributed by atoms with Gasteiger partial charge in [0.25, 0.3) is 5.69 Å². The van der Waals surface area contributed by atoms with Gasteiger partial charge in [0.15, 0.2) is 0 Å². The van der Waals surface area contributed by atoms with Crippen LogP contribution >= 0.6 is 35.0 Å². The topological polar surface area (TPSA) is 92.6 Å². The summed E-state index contributed by atoms with van der Waals surface area (Å²) in [7, 11) is 0. The number of carbonyl (C=O) groups excluding carboxylic acids is 2. The second-order valence-electron chi connectivity index (χ2n) is 8.60. The van der Waals surface area contributed by atoms with Crippen molar-refractivity contribution in [1.29, 1.82) is 0 Å². The molecule has 2 aromatic rings. The lowest BCUT2D eigenvalue weighted by Crippen LogP contribution is -2.51. The first kappa shape index (κ1) is 27.3. The monoisotopic (exact) mass is 537 g/mol. The van der Waals surface area contributed by atoms with Crippen LogP contribution in [0.1, 0.15) is 50.2 Å². The molecule has 0 spiro atoms. The van der Waals surface area contributed by atoms with Gasteiger partial charge < -0.3 is 10.2 Å². The fourth-order valence-electron chi connectivity index (χ4n) is 4.17. The van der Waals surface area contributed by atoms with Crippen LogP contribution in [0.15, 0.2) is 42.5 Å². The molecule has 3 rings (SSSR count). The van der Waals surface area contributed by atoms with Crippen LogP contribution in [0.2, 0.25) is 10.0 Å². The molecule has 1 aliphatic rings. The minimum absolute atomic E-state index is 0.0293. The second-order valence-corrected chi connectivity index (χ2v) is 10.4. The molecule has 188 valence electrons. The van der Waals surface area contributed by atoms with Gasteiger partial charge in [-0.3, -0.25) is 19.7 Å². The second kappa shape index (κ2) is 13.1. The number of hydrogen-bond acceptors (Lipinski definition) is 5. The normalized spacial score (nSPS) is 14.5. The summed E-state index contributed by atoms with van der Waals surface area (Å²) in [6, 6.07) is 11.1. The fraction of sp³-hybridized carbons (Fsp3) is 0.440. The predicted octanol–water partition coefficient (Wildman–Crippen LogP) is 6.00. The van der Waals surface area contributed by atoms with E-state index in [0.29, 0.717) is 22.2 Å². The third-order valence-corrected chi connectivity index (χ3v) is 7.79.